The van der Waals surface area contributed by atoms with Gasteiger partial charge in [-0.05, 0) is 18.6 Å². The van der Waals surface area contributed by atoms with Crippen molar-refractivity contribution in [1.82, 2.24) is 5.32 Å². The topological polar surface area (TPSA) is 81.7 Å². The van der Waals surface area contributed by atoms with Gasteiger partial charge in [-0.2, -0.15) is 0 Å². The molecule has 0 spiro atoms. The van der Waals surface area contributed by atoms with Crippen LogP contribution in [0.25, 0.3) is 0 Å². The average Bonchev–Trinajstić information content (AvgIpc) is 2.53. The van der Waals surface area contributed by atoms with Crippen LogP contribution in [0.1, 0.15) is 18.4 Å². The molecule has 0 aliphatic rings. The lowest BCUT2D eigenvalue weighted by atomic mass is 10.1. The predicted octanol–water partition coefficient (Wildman–Crippen LogP) is 1.12. The monoisotopic (exact) mass is 329 g/mol. The van der Waals surface area contributed by atoms with Crippen LogP contribution in [0.5, 0.6) is 0 Å². The van der Waals surface area contributed by atoms with E-state index in [-0.39, 0.29) is 12.8 Å². The molecule has 0 aromatic heterocycles. The summed E-state index contributed by atoms with van der Waals surface area (Å²) < 4.78 is 36.0. The first-order valence-electron chi connectivity index (χ1n) is 6.76. The third-order valence-electron chi connectivity index (χ3n) is 3.08. The maximum atomic E-state index is 13.5. The fourth-order valence-corrected chi connectivity index (χ4v) is 1.86. The molecule has 0 radical (unpaired) electrons. The van der Waals surface area contributed by atoms with Crippen molar-refractivity contribution in [3.8, 4) is 0 Å². The second kappa shape index (κ2) is 8.82. The molecule has 0 heterocycles. The van der Waals surface area contributed by atoms with Crippen molar-refractivity contribution in [3.63, 3.8) is 0 Å². The van der Waals surface area contributed by atoms with Crippen LogP contribution >= 0.6 is 0 Å². The van der Waals surface area contributed by atoms with Crippen LogP contribution < -0.4 is 5.32 Å². The van der Waals surface area contributed by atoms with E-state index in [4.69, 9.17) is 0 Å². The maximum Gasteiger partial charge on any atom is 0.328 e. The van der Waals surface area contributed by atoms with Crippen molar-refractivity contribution in [3.05, 3.63) is 35.4 Å². The van der Waals surface area contributed by atoms with Crippen LogP contribution in [0.15, 0.2) is 18.2 Å². The van der Waals surface area contributed by atoms with E-state index in [2.05, 4.69) is 14.8 Å². The molecule has 0 aliphatic heterocycles. The number of carbonyl (C=O) groups is 3. The van der Waals surface area contributed by atoms with Crippen LogP contribution in [-0.4, -0.2) is 38.1 Å². The molecule has 1 rings (SSSR count). The molecule has 8 heteroatoms. The van der Waals surface area contributed by atoms with Crippen LogP contribution in [0.3, 0.4) is 0 Å². The Morgan fingerprint density at radius 1 is 1.13 bits per heavy atom. The van der Waals surface area contributed by atoms with Gasteiger partial charge < -0.3 is 14.8 Å². The van der Waals surface area contributed by atoms with E-state index < -0.39 is 47.5 Å². The van der Waals surface area contributed by atoms with Crippen molar-refractivity contribution in [1.29, 1.82) is 0 Å². The quantitative estimate of drug-likeness (QED) is 0.758. The molecular weight excluding hydrogens is 312 g/mol. The van der Waals surface area contributed by atoms with Crippen molar-refractivity contribution in [2.75, 3.05) is 14.2 Å². The molecular formula is C15H17F2NO5. The maximum absolute atomic E-state index is 13.5. The third kappa shape index (κ3) is 5.65. The number of benzene rings is 1. The first-order chi connectivity index (χ1) is 10.9. The van der Waals surface area contributed by atoms with Crippen LogP contribution in [-0.2, 0) is 30.3 Å². The molecule has 1 aromatic carbocycles. The number of methoxy groups -OCH3 is 2. The fraction of sp³-hybridized carbons (Fsp3) is 0.400. The highest BCUT2D eigenvalue weighted by Gasteiger charge is 2.23. The molecule has 1 amide bonds. The van der Waals surface area contributed by atoms with Gasteiger partial charge in [-0.15, -0.1) is 0 Å². The van der Waals surface area contributed by atoms with E-state index >= 15 is 0 Å². The summed E-state index contributed by atoms with van der Waals surface area (Å²) in [6.07, 6.45) is -0.750. The Balaban J connectivity index is 2.73. The average molecular weight is 329 g/mol. The Bertz CT molecular complexity index is 571. The second-order valence-electron chi connectivity index (χ2n) is 4.64. The number of ether oxygens (including phenoxy) is 2. The Hall–Kier alpha value is -2.51. The third-order valence-corrected chi connectivity index (χ3v) is 3.08. The van der Waals surface area contributed by atoms with E-state index in [1.165, 1.54) is 13.2 Å². The lowest BCUT2D eigenvalue weighted by molar-refractivity contribution is -0.146. The molecule has 1 N–H and O–H groups in total. The Kier molecular flexibility index (Phi) is 7.11. The van der Waals surface area contributed by atoms with Crippen molar-refractivity contribution >= 4 is 17.8 Å². The van der Waals surface area contributed by atoms with Crippen LogP contribution in [0.2, 0.25) is 0 Å². The second-order valence-corrected chi connectivity index (χ2v) is 4.64. The molecule has 0 saturated carbocycles. The predicted molar refractivity (Wildman–Crippen MR) is 75.3 cm³/mol. The summed E-state index contributed by atoms with van der Waals surface area (Å²) in [6, 6.07) is 2.13. The zero-order valence-electron chi connectivity index (χ0n) is 12.7. The standard InChI is InChI=1S/C15H17F2NO5/c1-22-14(20)7-6-12(15(21)23-2)18-13(19)8-9-10(16)4-3-5-11(9)17/h3-5,12H,6-8H2,1-2H3,(H,18,19)/t12-/m1/s1. The van der Waals surface area contributed by atoms with Gasteiger partial charge in [-0.25, -0.2) is 13.6 Å². The molecule has 1 aromatic rings. The molecule has 0 bridgehead atoms. The van der Waals surface area contributed by atoms with Gasteiger partial charge in [0.2, 0.25) is 5.91 Å². The zero-order chi connectivity index (χ0) is 17.4. The summed E-state index contributed by atoms with van der Waals surface area (Å²) in [5, 5.41) is 2.30. The van der Waals surface area contributed by atoms with Gasteiger partial charge in [-0.3, -0.25) is 9.59 Å². The largest absolute Gasteiger partial charge is 0.469 e. The number of halogens is 2. The molecule has 6 nitrogen and oxygen atoms in total. The number of hydrogen-bond donors (Lipinski definition) is 1. The van der Waals surface area contributed by atoms with E-state index in [9.17, 15) is 23.2 Å². The number of hydrogen-bond acceptors (Lipinski definition) is 5. The first-order valence-corrected chi connectivity index (χ1v) is 6.76. The Morgan fingerprint density at radius 2 is 1.74 bits per heavy atom. The van der Waals surface area contributed by atoms with E-state index in [1.54, 1.807) is 0 Å². The van der Waals surface area contributed by atoms with Crippen LogP contribution in [0, 0.1) is 11.6 Å². The van der Waals surface area contributed by atoms with Crippen molar-refractivity contribution in [2.45, 2.75) is 25.3 Å². The lowest BCUT2D eigenvalue weighted by Crippen LogP contribution is -2.42. The highest BCUT2D eigenvalue weighted by Crippen LogP contribution is 2.13. The van der Waals surface area contributed by atoms with E-state index in [0.717, 1.165) is 19.2 Å². The highest BCUT2D eigenvalue weighted by molar-refractivity contribution is 5.86. The highest BCUT2D eigenvalue weighted by atomic mass is 19.1. The van der Waals surface area contributed by atoms with Crippen molar-refractivity contribution < 1.29 is 32.6 Å². The van der Waals surface area contributed by atoms with Gasteiger partial charge in [0.25, 0.3) is 0 Å². The summed E-state index contributed by atoms with van der Waals surface area (Å²) in [6.45, 7) is 0. The van der Waals surface area contributed by atoms with E-state index in [0.29, 0.717) is 0 Å². The minimum Gasteiger partial charge on any atom is -0.469 e. The molecule has 0 saturated heterocycles. The summed E-state index contributed by atoms with van der Waals surface area (Å²) in [4.78, 5) is 34.6. The number of esters is 2. The lowest BCUT2D eigenvalue weighted by Gasteiger charge is -2.16. The Morgan fingerprint density at radius 3 is 2.26 bits per heavy atom. The SMILES string of the molecule is COC(=O)CC[C@@H](NC(=O)Cc1c(F)cccc1F)C(=O)OC. The summed E-state index contributed by atoms with van der Waals surface area (Å²) in [5.41, 5.74) is -0.401. The van der Waals surface area contributed by atoms with Gasteiger partial charge in [-0.1, -0.05) is 6.07 Å². The minimum absolute atomic E-state index is 0.0508. The first kappa shape index (κ1) is 18.5. The molecule has 0 aliphatic carbocycles. The molecule has 1 atom stereocenters. The smallest absolute Gasteiger partial charge is 0.328 e. The van der Waals surface area contributed by atoms with Crippen LogP contribution in [0.4, 0.5) is 8.78 Å². The van der Waals surface area contributed by atoms with E-state index in [1.807, 2.05) is 0 Å². The van der Waals surface area contributed by atoms with Gasteiger partial charge in [0.1, 0.15) is 17.7 Å². The number of nitrogens with one attached hydrogen (secondary N) is 1. The van der Waals surface area contributed by atoms with Crippen molar-refractivity contribution in [2.24, 2.45) is 0 Å². The van der Waals surface area contributed by atoms with Gasteiger partial charge in [0.05, 0.1) is 20.6 Å². The number of carbonyl (C=O) groups excluding carboxylic acids is 3. The molecule has 126 valence electrons. The fourth-order valence-electron chi connectivity index (χ4n) is 1.86. The normalized spacial score (nSPS) is 11.5. The molecule has 0 unspecified atom stereocenters. The van der Waals surface area contributed by atoms with Gasteiger partial charge >= 0.3 is 11.9 Å². The summed E-state index contributed by atoms with van der Waals surface area (Å²) in [5.74, 6) is -3.81. The zero-order valence-corrected chi connectivity index (χ0v) is 12.7. The molecule has 23 heavy (non-hydrogen) atoms. The van der Waals surface area contributed by atoms with Gasteiger partial charge in [0.15, 0.2) is 0 Å². The minimum atomic E-state index is -1.11. The summed E-state index contributed by atoms with van der Waals surface area (Å²) in [7, 11) is 2.31. The number of rotatable bonds is 7. The Labute approximate surface area is 131 Å². The van der Waals surface area contributed by atoms with Gasteiger partial charge in [0, 0.05) is 12.0 Å². The molecule has 0 fully saturated rings. The summed E-state index contributed by atoms with van der Waals surface area (Å²) >= 11 is 0. The number of amides is 1.